The molecule has 1 aromatic heterocycles. The summed E-state index contributed by atoms with van der Waals surface area (Å²) in [7, 11) is 0. The maximum Gasteiger partial charge on any atom is 0.262 e. The second-order valence-electron chi connectivity index (χ2n) is 6.47. The minimum Gasteiger partial charge on any atom is -0.482 e. The highest BCUT2D eigenvalue weighted by molar-refractivity contribution is 7.16. The van der Waals surface area contributed by atoms with Crippen molar-refractivity contribution in [2.75, 3.05) is 17.7 Å². The number of nitrogens with one attached hydrogen (secondary N) is 1. The van der Waals surface area contributed by atoms with Crippen molar-refractivity contribution in [1.82, 2.24) is 0 Å². The molecule has 1 aliphatic carbocycles. The van der Waals surface area contributed by atoms with Gasteiger partial charge in [-0.1, -0.05) is 6.92 Å². The van der Waals surface area contributed by atoms with E-state index in [2.05, 4.69) is 12.2 Å². The minimum atomic E-state index is -0.214. The Morgan fingerprint density at radius 1 is 1.42 bits per heavy atom. The van der Waals surface area contributed by atoms with Crippen molar-refractivity contribution in [2.24, 2.45) is 5.92 Å². The maximum atomic E-state index is 13.0. The van der Waals surface area contributed by atoms with Crippen LogP contribution >= 0.6 is 11.3 Å². The van der Waals surface area contributed by atoms with Crippen LogP contribution in [0.3, 0.4) is 0 Å². The first-order valence-electron chi connectivity index (χ1n) is 8.04. The largest absolute Gasteiger partial charge is 0.482 e. The van der Waals surface area contributed by atoms with E-state index in [0.29, 0.717) is 33.5 Å². The smallest absolute Gasteiger partial charge is 0.262 e. The lowest BCUT2D eigenvalue weighted by atomic mass is 9.86. The number of hydrogen-bond donors (Lipinski definition) is 2. The van der Waals surface area contributed by atoms with Crippen molar-refractivity contribution in [3.63, 3.8) is 0 Å². The van der Waals surface area contributed by atoms with Crippen LogP contribution in [0.4, 0.5) is 10.7 Å². The third-order valence-corrected chi connectivity index (χ3v) is 5.72. The quantitative estimate of drug-likeness (QED) is 0.822. The molecule has 0 spiro atoms. The summed E-state index contributed by atoms with van der Waals surface area (Å²) in [6.07, 6.45) is 2.97. The summed E-state index contributed by atoms with van der Waals surface area (Å²) in [5, 5.41) is 3.33. The van der Waals surface area contributed by atoms with Crippen molar-refractivity contribution in [2.45, 2.75) is 26.2 Å². The standard InChI is InChI=1S/C18H18N2O3S/c1-9-2-4-11-14(6-9)24-18(19)16(11)17(22)10-3-5-13-12(7-10)20-15(21)8-23-13/h3,5,7,9H,2,4,6,8,19H2,1H3,(H,20,21). The number of ketones is 1. The Balaban J connectivity index is 1.72. The van der Waals surface area contributed by atoms with Crippen LogP contribution in [0, 0.1) is 5.92 Å². The summed E-state index contributed by atoms with van der Waals surface area (Å²) in [6, 6.07) is 5.12. The number of nitrogen functional groups attached to an aromatic ring is 1. The zero-order chi connectivity index (χ0) is 16.8. The number of rotatable bonds is 2. The van der Waals surface area contributed by atoms with Crippen LogP contribution in [0.15, 0.2) is 18.2 Å². The molecule has 2 aromatic rings. The predicted octanol–water partition coefficient (Wildman–Crippen LogP) is 3.02. The van der Waals surface area contributed by atoms with Gasteiger partial charge in [-0.05, 0) is 48.9 Å². The first kappa shape index (κ1) is 15.2. The number of anilines is 2. The molecule has 1 atom stereocenters. The van der Waals surface area contributed by atoms with Crippen LogP contribution in [-0.4, -0.2) is 18.3 Å². The molecule has 4 rings (SSSR count). The number of thiophene rings is 1. The van der Waals surface area contributed by atoms with Crippen LogP contribution in [0.2, 0.25) is 0 Å². The van der Waals surface area contributed by atoms with E-state index in [-0.39, 0.29) is 18.3 Å². The lowest BCUT2D eigenvalue weighted by molar-refractivity contribution is -0.118. The normalized spacial score (nSPS) is 19.0. The summed E-state index contributed by atoms with van der Waals surface area (Å²) in [6.45, 7) is 2.23. The molecule has 3 N–H and O–H groups in total. The molecule has 0 bridgehead atoms. The number of nitrogens with two attached hydrogens (primary N) is 1. The number of amides is 1. The zero-order valence-corrected chi connectivity index (χ0v) is 14.2. The topological polar surface area (TPSA) is 81.4 Å². The fourth-order valence-corrected chi connectivity index (χ4v) is 4.67. The number of benzene rings is 1. The lowest BCUT2D eigenvalue weighted by Gasteiger charge is -2.19. The fraction of sp³-hybridized carbons (Fsp3) is 0.333. The van der Waals surface area contributed by atoms with Gasteiger partial charge in [0.15, 0.2) is 12.4 Å². The van der Waals surface area contributed by atoms with Gasteiger partial charge in [-0.15, -0.1) is 11.3 Å². The van der Waals surface area contributed by atoms with Crippen LogP contribution < -0.4 is 15.8 Å². The van der Waals surface area contributed by atoms with Crippen LogP contribution in [0.25, 0.3) is 0 Å². The van der Waals surface area contributed by atoms with Crippen LogP contribution in [0.5, 0.6) is 5.75 Å². The Kier molecular flexibility index (Phi) is 3.57. The first-order valence-corrected chi connectivity index (χ1v) is 8.86. The molecule has 0 saturated carbocycles. The van der Waals surface area contributed by atoms with E-state index in [1.54, 1.807) is 18.2 Å². The fourth-order valence-electron chi connectivity index (χ4n) is 3.39. The number of carbonyl (C=O) groups excluding carboxylic acids is 2. The Hall–Kier alpha value is -2.34. The minimum absolute atomic E-state index is 0.00344. The highest BCUT2D eigenvalue weighted by Gasteiger charge is 2.28. The second-order valence-corrected chi connectivity index (χ2v) is 7.60. The highest BCUT2D eigenvalue weighted by Crippen LogP contribution is 2.39. The van der Waals surface area contributed by atoms with Crippen molar-refractivity contribution < 1.29 is 14.3 Å². The molecule has 0 radical (unpaired) electrons. The van der Waals surface area contributed by atoms with E-state index >= 15 is 0 Å². The molecular formula is C18H18N2O3S. The molecule has 0 fully saturated rings. The SMILES string of the molecule is CC1CCc2c(sc(N)c2C(=O)c2ccc3c(c2)NC(=O)CO3)C1. The van der Waals surface area contributed by atoms with E-state index < -0.39 is 0 Å². The molecule has 0 saturated heterocycles. The van der Waals surface area contributed by atoms with Crippen molar-refractivity contribution in [3.05, 3.63) is 39.8 Å². The maximum absolute atomic E-state index is 13.0. The molecule has 1 unspecified atom stereocenters. The van der Waals surface area contributed by atoms with Gasteiger partial charge in [-0.3, -0.25) is 9.59 Å². The van der Waals surface area contributed by atoms with E-state index in [9.17, 15) is 9.59 Å². The molecule has 2 heterocycles. The van der Waals surface area contributed by atoms with Gasteiger partial charge in [-0.25, -0.2) is 0 Å². The van der Waals surface area contributed by atoms with E-state index in [1.165, 1.54) is 16.2 Å². The molecule has 6 heteroatoms. The van der Waals surface area contributed by atoms with E-state index in [1.807, 2.05) is 0 Å². The van der Waals surface area contributed by atoms with Gasteiger partial charge in [0, 0.05) is 10.4 Å². The third kappa shape index (κ3) is 2.47. The number of fused-ring (bicyclic) bond motifs is 2. The van der Waals surface area contributed by atoms with Crippen molar-refractivity contribution in [3.8, 4) is 5.75 Å². The van der Waals surface area contributed by atoms with Crippen molar-refractivity contribution >= 4 is 33.7 Å². The van der Waals surface area contributed by atoms with Crippen molar-refractivity contribution in [1.29, 1.82) is 0 Å². The number of hydrogen-bond acceptors (Lipinski definition) is 5. The molecule has 2 aliphatic rings. The van der Waals surface area contributed by atoms with Gasteiger partial charge in [0.2, 0.25) is 0 Å². The average molecular weight is 342 g/mol. The summed E-state index contributed by atoms with van der Waals surface area (Å²) in [5.41, 5.74) is 8.98. The van der Waals surface area contributed by atoms with Crippen LogP contribution in [0.1, 0.15) is 39.7 Å². The zero-order valence-electron chi connectivity index (χ0n) is 13.3. The first-order chi connectivity index (χ1) is 11.5. The van der Waals surface area contributed by atoms with Gasteiger partial charge in [-0.2, -0.15) is 0 Å². The Morgan fingerprint density at radius 2 is 2.25 bits per heavy atom. The van der Waals surface area contributed by atoms with Crippen LogP contribution in [-0.2, 0) is 17.6 Å². The molecule has 24 heavy (non-hydrogen) atoms. The monoisotopic (exact) mass is 342 g/mol. The van der Waals surface area contributed by atoms with Gasteiger partial charge < -0.3 is 15.8 Å². The molecule has 1 amide bonds. The Bertz CT molecular complexity index is 856. The average Bonchev–Trinajstić information content (AvgIpc) is 2.88. The number of ether oxygens (including phenoxy) is 1. The third-order valence-electron chi connectivity index (χ3n) is 4.64. The summed E-state index contributed by atoms with van der Waals surface area (Å²) in [5.74, 6) is 0.922. The van der Waals surface area contributed by atoms with E-state index in [4.69, 9.17) is 10.5 Å². The van der Waals surface area contributed by atoms with Gasteiger partial charge >= 0.3 is 0 Å². The van der Waals surface area contributed by atoms with Gasteiger partial charge in [0.05, 0.1) is 16.3 Å². The van der Waals surface area contributed by atoms with E-state index in [0.717, 1.165) is 24.8 Å². The molecule has 1 aliphatic heterocycles. The predicted molar refractivity (Wildman–Crippen MR) is 93.9 cm³/mol. The highest BCUT2D eigenvalue weighted by atomic mass is 32.1. The molecule has 5 nitrogen and oxygen atoms in total. The summed E-state index contributed by atoms with van der Waals surface area (Å²) in [4.78, 5) is 25.7. The molecule has 1 aromatic carbocycles. The van der Waals surface area contributed by atoms with Gasteiger partial charge in [0.1, 0.15) is 5.75 Å². The second kappa shape index (κ2) is 5.63. The summed E-state index contributed by atoms with van der Waals surface area (Å²) >= 11 is 1.54. The van der Waals surface area contributed by atoms with Gasteiger partial charge in [0.25, 0.3) is 5.91 Å². The number of carbonyl (C=O) groups is 2. The Labute approximate surface area is 143 Å². The molecular weight excluding hydrogens is 324 g/mol. The molecule has 124 valence electrons. The lowest BCUT2D eigenvalue weighted by Crippen LogP contribution is -2.25. The summed E-state index contributed by atoms with van der Waals surface area (Å²) < 4.78 is 5.34. The Morgan fingerprint density at radius 3 is 3.08 bits per heavy atom.